The number of H-pyrrole nitrogens is 1. The Morgan fingerprint density at radius 1 is 1.22 bits per heavy atom. The summed E-state index contributed by atoms with van der Waals surface area (Å²) in [6.07, 6.45) is 8.11. The van der Waals surface area contributed by atoms with Crippen molar-refractivity contribution in [3.8, 4) is 0 Å². The molecule has 1 fully saturated rings. The van der Waals surface area contributed by atoms with Gasteiger partial charge in [0.15, 0.2) is 0 Å². The van der Waals surface area contributed by atoms with Crippen molar-refractivity contribution >= 4 is 16.9 Å². The monoisotopic (exact) mass is 309 g/mol. The van der Waals surface area contributed by atoms with Gasteiger partial charge >= 0.3 is 0 Å². The topological polar surface area (TPSA) is 49.0 Å². The molecule has 1 N–H and O–H groups in total. The van der Waals surface area contributed by atoms with Crippen LogP contribution in [0.2, 0.25) is 0 Å². The highest BCUT2D eigenvalue weighted by Crippen LogP contribution is 2.30. The highest BCUT2D eigenvalue weighted by molar-refractivity contribution is 5.80. The molecule has 23 heavy (non-hydrogen) atoms. The molecule has 1 amide bonds. The normalized spacial score (nSPS) is 19.8. The fourth-order valence-corrected chi connectivity index (χ4v) is 3.79. The molecule has 120 valence electrons. The van der Waals surface area contributed by atoms with Crippen molar-refractivity contribution in [2.75, 3.05) is 13.1 Å². The Morgan fingerprint density at radius 2 is 1.96 bits per heavy atom. The fourth-order valence-electron chi connectivity index (χ4n) is 3.79. The Bertz CT molecular complexity index is 745. The van der Waals surface area contributed by atoms with Gasteiger partial charge in [0, 0.05) is 24.9 Å². The molecular weight excluding hydrogens is 286 g/mol. The molecule has 0 atom stereocenters. The number of likely N-dealkylation sites (tertiary alicyclic amines) is 1. The van der Waals surface area contributed by atoms with Crippen molar-refractivity contribution < 1.29 is 4.79 Å². The Morgan fingerprint density at radius 3 is 2.70 bits per heavy atom. The van der Waals surface area contributed by atoms with E-state index in [9.17, 15) is 4.79 Å². The van der Waals surface area contributed by atoms with Gasteiger partial charge in [0.2, 0.25) is 5.91 Å². The second-order valence-electron chi connectivity index (χ2n) is 6.88. The average molecular weight is 309 g/mol. The van der Waals surface area contributed by atoms with Crippen LogP contribution >= 0.6 is 0 Å². The van der Waals surface area contributed by atoms with Crippen LogP contribution in [0.4, 0.5) is 0 Å². The summed E-state index contributed by atoms with van der Waals surface area (Å²) in [5, 5.41) is 0. The lowest BCUT2D eigenvalue weighted by atomic mass is 9.94. The highest BCUT2D eigenvalue weighted by Gasteiger charge is 2.29. The van der Waals surface area contributed by atoms with Gasteiger partial charge in [-0.15, -0.1) is 0 Å². The Labute approximate surface area is 136 Å². The van der Waals surface area contributed by atoms with Crippen molar-refractivity contribution in [3.05, 3.63) is 41.7 Å². The summed E-state index contributed by atoms with van der Waals surface area (Å²) in [5.41, 5.74) is 3.41. The van der Waals surface area contributed by atoms with E-state index in [0.717, 1.165) is 55.6 Å². The average Bonchev–Trinajstić information content (AvgIpc) is 3.23. The van der Waals surface area contributed by atoms with E-state index in [1.165, 1.54) is 5.56 Å². The molecule has 1 aromatic carbocycles. The second kappa shape index (κ2) is 5.84. The highest BCUT2D eigenvalue weighted by atomic mass is 16.2. The van der Waals surface area contributed by atoms with Crippen LogP contribution < -0.4 is 0 Å². The van der Waals surface area contributed by atoms with E-state index in [2.05, 4.69) is 47.2 Å². The molecule has 0 saturated carbocycles. The van der Waals surface area contributed by atoms with Gasteiger partial charge in [0.05, 0.1) is 11.0 Å². The molecule has 2 aliphatic rings. The molecule has 1 aliphatic heterocycles. The summed E-state index contributed by atoms with van der Waals surface area (Å²) < 4.78 is 0. The maximum absolute atomic E-state index is 12.5. The lowest BCUT2D eigenvalue weighted by molar-refractivity contribution is -0.136. The van der Waals surface area contributed by atoms with Crippen LogP contribution in [0.25, 0.3) is 11.0 Å². The minimum absolute atomic E-state index is 0.195. The van der Waals surface area contributed by atoms with Crippen molar-refractivity contribution in [1.82, 2.24) is 14.9 Å². The van der Waals surface area contributed by atoms with Gasteiger partial charge in [-0.2, -0.15) is 0 Å². The summed E-state index contributed by atoms with van der Waals surface area (Å²) in [7, 11) is 0. The predicted octanol–water partition coefficient (Wildman–Crippen LogP) is 3.54. The van der Waals surface area contributed by atoms with Gasteiger partial charge in [0.25, 0.3) is 0 Å². The fraction of sp³-hybridized carbons (Fsp3) is 0.474. The number of nitrogens with one attached hydrogen (secondary N) is 1. The number of piperidine rings is 1. The Kier molecular flexibility index (Phi) is 3.68. The van der Waals surface area contributed by atoms with Crippen molar-refractivity contribution in [2.45, 2.75) is 38.5 Å². The lowest BCUT2D eigenvalue weighted by Gasteiger charge is -2.32. The standard InChI is InChI=1S/C19H23N3O/c1-13-6-7-16-17(12-13)21-18(20-16)14-8-10-22(11-9-14)19(23)15-4-2-3-5-15/h2-3,6-7,12,14-15H,4-5,8-11H2,1H3,(H,20,21). The number of imidazole rings is 1. The van der Waals surface area contributed by atoms with E-state index >= 15 is 0 Å². The maximum Gasteiger partial charge on any atom is 0.226 e. The molecule has 2 heterocycles. The van der Waals surface area contributed by atoms with Crippen molar-refractivity contribution in [1.29, 1.82) is 0 Å². The minimum Gasteiger partial charge on any atom is -0.342 e. The number of benzene rings is 1. The number of nitrogens with zero attached hydrogens (tertiary/aromatic N) is 2. The van der Waals surface area contributed by atoms with Crippen LogP contribution in [-0.2, 0) is 4.79 Å². The number of amides is 1. The first kappa shape index (κ1) is 14.5. The van der Waals surface area contributed by atoms with Crippen LogP contribution in [0.1, 0.15) is 43.0 Å². The van der Waals surface area contributed by atoms with E-state index in [1.807, 2.05) is 0 Å². The van der Waals surface area contributed by atoms with Crippen LogP contribution in [0.3, 0.4) is 0 Å². The maximum atomic E-state index is 12.5. The summed E-state index contributed by atoms with van der Waals surface area (Å²) in [5.74, 6) is 2.06. The molecule has 0 spiro atoms. The van der Waals surface area contributed by atoms with E-state index in [1.54, 1.807) is 0 Å². The smallest absolute Gasteiger partial charge is 0.226 e. The summed E-state index contributed by atoms with van der Waals surface area (Å²) >= 11 is 0. The first-order valence-electron chi connectivity index (χ1n) is 8.61. The molecule has 1 aromatic heterocycles. The molecular formula is C19H23N3O. The Balaban J connectivity index is 1.43. The minimum atomic E-state index is 0.195. The molecule has 0 bridgehead atoms. The lowest BCUT2D eigenvalue weighted by Crippen LogP contribution is -2.41. The molecule has 1 aliphatic carbocycles. The number of aromatic amines is 1. The molecule has 0 unspecified atom stereocenters. The first-order valence-corrected chi connectivity index (χ1v) is 8.61. The summed E-state index contributed by atoms with van der Waals surface area (Å²) in [6, 6.07) is 6.33. The zero-order valence-corrected chi connectivity index (χ0v) is 13.6. The molecule has 4 rings (SSSR count). The van der Waals surface area contributed by atoms with Crippen LogP contribution in [-0.4, -0.2) is 33.9 Å². The number of aromatic nitrogens is 2. The first-order chi connectivity index (χ1) is 11.2. The van der Waals surface area contributed by atoms with E-state index in [-0.39, 0.29) is 5.92 Å². The molecule has 1 saturated heterocycles. The quantitative estimate of drug-likeness (QED) is 0.863. The number of rotatable bonds is 2. The summed E-state index contributed by atoms with van der Waals surface area (Å²) in [4.78, 5) is 22.8. The van der Waals surface area contributed by atoms with Crippen LogP contribution in [0.5, 0.6) is 0 Å². The van der Waals surface area contributed by atoms with Gasteiger partial charge in [0.1, 0.15) is 5.82 Å². The van der Waals surface area contributed by atoms with Gasteiger partial charge in [-0.1, -0.05) is 18.2 Å². The predicted molar refractivity (Wildman–Crippen MR) is 91.2 cm³/mol. The van der Waals surface area contributed by atoms with Crippen LogP contribution in [0, 0.1) is 12.8 Å². The molecule has 4 heteroatoms. The number of allylic oxidation sites excluding steroid dienone is 2. The Hall–Kier alpha value is -2.10. The van der Waals surface area contributed by atoms with Crippen molar-refractivity contribution in [2.24, 2.45) is 5.92 Å². The third-order valence-corrected chi connectivity index (χ3v) is 5.21. The van der Waals surface area contributed by atoms with Crippen molar-refractivity contribution in [3.63, 3.8) is 0 Å². The number of hydrogen-bond donors (Lipinski definition) is 1. The van der Waals surface area contributed by atoms with E-state index in [0.29, 0.717) is 11.8 Å². The summed E-state index contributed by atoms with van der Waals surface area (Å²) in [6.45, 7) is 3.81. The number of aryl methyl sites for hydroxylation is 1. The number of carbonyl (C=O) groups is 1. The third kappa shape index (κ3) is 2.78. The molecule has 0 radical (unpaired) electrons. The third-order valence-electron chi connectivity index (χ3n) is 5.21. The zero-order chi connectivity index (χ0) is 15.8. The molecule has 4 nitrogen and oxygen atoms in total. The zero-order valence-electron chi connectivity index (χ0n) is 13.6. The van der Waals surface area contributed by atoms with E-state index < -0.39 is 0 Å². The van der Waals surface area contributed by atoms with Gasteiger partial charge in [-0.25, -0.2) is 4.98 Å². The number of hydrogen-bond acceptors (Lipinski definition) is 2. The number of fused-ring (bicyclic) bond motifs is 1. The van der Waals surface area contributed by atoms with Crippen LogP contribution in [0.15, 0.2) is 30.4 Å². The van der Waals surface area contributed by atoms with Gasteiger partial charge in [-0.05, 0) is 50.3 Å². The number of carbonyl (C=O) groups excluding carboxylic acids is 1. The van der Waals surface area contributed by atoms with Gasteiger partial charge < -0.3 is 9.88 Å². The largest absolute Gasteiger partial charge is 0.342 e. The van der Waals surface area contributed by atoms with Gasteiger partial charge in [-0.3, -0.25) is 4.79 Å². The SMILES string of the molecule is Cc1ccc2nc(C3CCN(C(=O)C4CC=CC4)CC3)[nH]c2c1. The molecule has 2 aromatic rings. The second-order valence-corrected chi connectivity index (χ2v) is 6.88. The van der Waals surface area contributed by atoms with E-state index in [4.69, 9.17) is 4.98 Å².